The summed E-state index contributed by atoms with van der Waals surface area (Å²) in [6, 6.07) is 3.54. The van der Waals surface area contributed by atoms with Gasteiger partial charge in [-0.3, -0.25) is 4.79 Å². The van der Waals surface area contributed by atoms with Crippen LogP contribution in [-0.2, 0) is 4.79 Å². The number of rotatable bonds is 3. The van der Waals surface area contributed by atoms with Crippen LogP contribution in [0.5, 0.6) is 5.75 Å². The Bertz CT molecular complexity index is 383. The molecule has 82 valence electrons. The first-order valence-corrected chi connectivity index (χ1v) is 4.93. The number of hydrogen-bond acceptors (Lipinski definition) is 2. The molecule has 0 saturated heterocycles. The van der Waals surface area contributed by atoms with E-state index in [-0.39, 0.29) is 18.1 Å². The summed E-state index contributed by atoms with van der Waals surface area (Å²) in [5.74, 6) is -0.562. The molecule has 15 heavy (non-hydrogen) atoms. The van der Waals surface area contributed by atoms with E-state index in [1.165, 1.54) is 0 Å². The van der Waals surface area contributed by atoms with Gasteiger partial charge >= 0.3 is 5.97 Å². The fourth-order valence-electron chi connectivity index (χ4n) is 1.73. The number of benzene rings is 1. The van der Waals surface area contributed by atoms with Gasteiger partial charge in [-0.2, -0.15) is 0 Å². The number of aryl methyl sites for hydroxylation is 2. The summed E-state index contributed by atoms with van der Waals surface area (Å²) in [5.41, 5.74) is 2.72. The third kappa shape index (κ3) is 2.72. The molecule has 0 aliphatic heterocycles. The van der Waals surface area contributed by atoms with E-state index in [1.54, 1.807) is 6.07 Å². The van der Waals surface area contributed by atoms with Gasteiger partial charge in [0, 0.05) is 0 Å². The van der Waals surface area contributed by atoms with Gasteiger partial charge in [-0.25, -0.2) is 0 Å². The number of hydrogen-bond donors (Lipinski definition) is 2. The minimum atomic E-state index is -0.798. The van der Waals surface area contributed by atoms with Crippen molar-refractivity contribution < 1.29 is 15.0 Å². The monoisotopic (exact) mass is 208 g/mol. The molecule has 0 saturated carbocycles. The highest BCUT2D eigenvalue weighted by molar-refractivity contribution is 5.68. The van der Waals surface area contributed by atoms with E-state index in [4.69, 9.17) is 5.11 Å². The molecule has 1 aromatic carbocycles. The van der Waals surface area contributed by atoms with E-state index in [9.17, 15) is 9.90 Å². The first-order chi connectivity index (χ1) is 6.91. The van der Waals surface area contributed by atoms with Crippen LogP contribution in [0.1, 0.15) is 36.0 Å². The lowest BCUT2D eigenvalue weighted by atomic mass is 9.92. The Morgan fingerprint density at radius 3 is 2.47 bits per heavy atom. The van der Waals surface area contributed by atoms with E-state index in [0.717, 1.165) is 16.7 Å². The van der Waals surface area contributed by atoms with E-state index in [0.29, 0.717) is 0 Å². The quantitative estimate of drug-likeness (QED) is 0.802. The highest BCUT2D eigenvalue weighted by Crippen LogP contribution is 2.28. The fourth-order valence-corrected chi connectivity index (χ4v) is 1.73. The van der Waals surface area contributed by atoms with Crippen LogP contribution in [0.3, 0.4) is 0 Å². The van der Waals surface area contributed by atoms with Crippen molar-refractivity contribution in [3.05, 3.63) is 28.8 Å². The van der Waals surface area contributed by atoms with Gasteiger partial charge in [0.2, 0.25) is 0 Å². The number of carboxylic acid groups (broad SMARTS) is 1. The maximum absolute atomic E-state index is 10.6. The van der Waals surface area contributed by atoms with Crippen molar-refractivity contribution in [3.8, 4) is 5.75 Å². The van der Waals surface area contributed by atoms with Gasteiger partial charge in [-0.05, 0) is 42.5 Å². The Labute approximate surface area is 89.4 Å². The number of carbonyl (C=O) groups is 1. The normalized spacial score (nSPS) is 12.5. The number of phenols is 1. The standard InChI is InChI=1S/C12H16O3/c1-7-5-11(13)9(3)4-10(7)8(2)6-12(14)15/h4-5,8,13H,6H2,1-3H3,(H,14,15). The zero-order chi connectivity index (χ0) is 11.6. The predicted molar refractivity (Wildman–Crippen MR) is 58.2 cm³/mol. The fraction of sp³-hybridized carbons (Fsp3) is 0.417. The Morgan fingerprint density at radius 2 is 1.93 bits per heavy atom. The van der Waals surface area contributed by atoms with Crippen LogP contribution in [0, 0.1) is 13.8 Å². The second kappa shape index (κ2) is 4.34. The molecule has 2 N–H and O–H groups in total. The van der Waals surface area contributed by atoms with Crippen LogP contribution in [0.2, 0.25) is 0 Å². The van der Waals surface area contributed by atoms with E-state index in [1.807, 2.05) is 26.8 Å². The molecule has 0 fully saturated rings. The molecule has 0 heterocycles. The summed E-state index contributed by atoms with van der Waals surface area (Å²) in [7, 11) is 0. The highest BCUT2D eigenvalue weighted by Gasteiger charge is 2.13. The summed E-state index contributed by atoms with van der Waals surface area (Å²) in [6.07, 6.45) is 0.116. The molecule has 0 amide bonds. The molecule has 1 aromatic rings. The summed E-state index contributed by atoms with van der Waals surface area (Å²) in [5, 5.41) is 18.2. The van der Waals surface area contributed by atoms with Crippen molar-refractivity contribution in [1.29, 1.82) is 0 Å². The molecule has 0 aliphatic carbocycles. The smallest absolute Gasteiger partial charge is 0.303 e. The third-order valence-electron chi connectivity index (χ3n) is 2.60. The van der Waals surface area contributed by atoms with Crippen LogP contribution < -0.4 is 0 Å². The van der Waals surface area contributed by atoms with Gasteiger partial charge in [0.15, 0.2) is 0 Å². The molecule has 1 atom stereocenters. The Hall–Kier alpha value is -1.51. The molecular weight excluding hydrogens is 192 g/mol. The summed E-state index contributed by atoms with van der Waals surface area (Å²) in [4.78, 5) is 10.6. The Balaban J connectivity index is 3.03. The van der Waals surface area contributed by atoms with Crippen molar-refractivity contribution in [2.24, 2.45) is 0 Å². The van der Waals surface area contributed by atoms with Crippen LogP contribution in [0.4, 0.5) is 0 Å². The van der Waals surface area contributed by atoms with Gasteiger partial charge < -0.3 is 10.2 Å². The highest BCUT2D eigenvalue weighted by atomic mass is 16.4. The van der Waals surface area contributed by atoms with Crippen LogP contribution in [0.15, 0.2) is 12.1 Å². The lowest BCUT2D eigenvalue weighted by Gasteiger charge is -2.14. The minimum Gasteiger partial charge on any atom is -0.508 e. The van der Waals surface area contributed by atoms with Gasteiger partial charge in [-0.15, -0.1) is 0 Å². The predicted octanol–water partition coefficient (Wildman–Crippen LogP) is 2.59. The molecule has 0 aliphatic rings. The van der Waals surface area contributed by atoms with Crippen molar-refractivity contribution in [2.45, 2.75) is 33.1 Å². The zero-order valence-electron chi connectivity index (χ0n) is 9.24. The lowest BCUT2D eigenvalue weighted by molar-refractivity contribution is -0.137. The lowest BCUT2D eigenvalue weighted by Crippen LogP contribution is -2.04. The maximum atomic E-state index is 10.6. The van der Waals surface area contributed by atoms with E-state index in [2.05, 4.69) is 0 Å². The number of phenolic OH excluding ortho intramolecular Hbond substituents is 1. The van der Waals surface area contributed by atoms with Crippen LogP contribution in [-0.4, -0.2) is 16.2 Å². The topological polar surface area (TPSA) is 57.5 Å². The van der Waals surface area contributed by atoms with Crippen molar-refractivity contribution in [1.82, 2.24) is 0 Å². The van der Waals surface area contributed by atoms with Gasteiger partial charge in [-0.1, -0.05) is 13.0 Å². The van der Waals surface area contributed by atoms with Crippen molar-refractivity contribution in [3.63, 3.8) is 0 Å². The largest absolute Gasteiger partial charge is 0.508 e. The average Bonchev–Trinajstić information content (AvgIpc) is 2.09. The summed E-state index contributed by atoms with van der Waals surface area (Å²) in [6.45, 7) is 5.57. The number of aliphatic carboxylic acids is 1. The van der Waals surface area contributed by atoms with Crippen molar-refractivity contribution in [2.75, 3.05) is 0 Å². The van der Waals surface area contributed by atoms with Gasteiger partial charge in [0.25, 0.3) is 0 Å². The molecule has 0 bridgehead atoms. The molecular formula is C12H16O3. The number of aromatic hydroxyl groups is 1. The molecule has 0 radical (unpaired) electrons. The zero-order valence-corrected chi connectivity index (χ0v) is 9.24. The van der Waals surface area contributed by atoms with Gasteiger partial charge in [0.1, 0.15) is 5.75 Å². The van der Waals surface area contributed by atoms with Gasteiger partial charge in [0.05, 0.1) is 6.42 Å². The molecule has 0 spiro atoms. The Morgan fingerprint density at radius 1 is 1.33 bits per heavy atom. The van der Waals surface area contributed by atoms with Crippen LogP contribution in [0.25, 0.3) is 0 Å². The first kappa shape index (κ1) is 11.6. The van der Waals surface area contributed by atoms with Crippen LogP contribution >= 0.6 is 0 Å². The van der Waals surface area contributed by atoms with Crippen molar-refractivity contribution >= 4 is 5.97 Å². The molecule has 1 unspecified atom stereocenters. The van der Waals surface area contributed by atoms with E-state index < -0.39 is 5.97 Å². The summed E-state index contributed by atoms with van der Waals surface area (Å²) < 4.78 is 0. The molecule has 1 rings (SSSR count). The first-order valence-electron chi connectivity index (χ1n) is 4.93. The summed E-state index contributed by atoms with van der Waals surface area (Å²) >= 11 is 0. The Kier molecular flexibility index (Phi) is 3.35. The number of carboxylic acids is 1. The molecule has 3 heteroatoms. The second-order valence-electron chi connectivity index (χ2n) is 3.99. The third-order valence-corrected chi connectivity index (χ3v) is 2.60. The SMILES string of the molecule is Cc1cc(C(C)CC(=O)O)c(C)cc1O. The van der Waals surface area contributed by atoms with E-state index >= 15 is 0 Å². The minimum absolute atomic E-state index is 0.0261. The molecule has 0 aromatic heterocycles. The second-order valence-corrected chi connectivity index (χ2v) is 3.99. The molecule has 3 nitrogen and oxygen atoms in total. The average molecular weight is 208 g/mol. The maximum Gasteiger partial charge on any atom is 0.303 e.